The maximum Gasteiger partial charge on any atom is 0.306 e. The summed E-state index contributed by atoms with van der Waals surface area (Å²) in [5, 5.41) is 8.41. The zero-order valence-electron chi connectivity index (χ0n) is 9.71. The van der Waals surface area contributed by atoms with Crippen LogP contribution in [0.2, 0.25) is 0 Å². The van der Waals surface area contributed by atoms with E-state index in [0.29, 0.717) is 0 Å². The summed E-state index contributed by atoms with van der Waals surface area (Å²) in [7, 11) is 0. The van der Waals surface area contributed by atoms with E-state index >= 15 is 0 Å². The molecule has 0 saturated heterocycles. The van der Waals surface area contributed by atoms with E-state index in [1.807, 2.05) is 20.8 Å². The third-order valence-electron chi connectivity index (χ3n) is 2.43. The van der Waals surface area contributed by atoms with Crippen molar-refractivity contribution >= 4 is 11.9 Å². The molecule has 0 fully saturated rings. The van der Waals surface area contributed by atoms with Crippen LogP contribution < -0.4 is 0 Å². The SMILES string of the molecule is CCCC(C)(CC)OC(=O)CCC(=O)O. The second kappa shape index (κ2) is 6.43. The largest absolute Gasteiger partial charge is 0.481 e. The lowest BCUT2D eigenvalue weighted by molar-refractivity contribution is -0.161. The molecular formula is C11H20O4. The monoisotopic (exact) mass is 216 g/mol. The van der Waals surface area contributed by atoms with Gasteiger partial charge in [-0.05, 0) is 19.8 Å². The van der Waals surface area contributed by atoms with Crippen LogP contribution >= 0.6 is 0 Å². The normalized spacial score (nSPS) is 14.3. The Morgan fingerprint density at radius 2 is 1.87 bits per heavy atom. The second-order valence-corrected chi connectivity index (χ2v) is 3.92. The molecule has 4 nitrogen and oxygen atoms in total. The van der Waals surface area contributed by atoms with Gasteiger partial charge in [-0.1, -0.05) is 20.3 Å². The first kappa shape index (κ1) is 13.9. The summed E-state index contributed by atoms with van der Waals surface area (Å²) < 4.78 is 5.28. The van der Waals surface area contributed by atoms with Crippen molar-refractivity contribution in [1.29, 1.82) is 0 Å². The zero-order valence-corrected chi connectivity index (χ0v) is 9.71. The molecule has 0 radical (unpaired) electrons. The van der Waals surface area contributed by atoms with Crippen LogP contribution in [0.5, 0.6) is 0 Å². The number of carbonyl (C=O) groups is 2. The Hall–Kier alpha value is -1.06. The van der Waals surface area contributed by atoms with Crippen LogP contribution in [0.3, 0.4) is 0 Å². The molecule has 0 aromatic carbocycles. The van der Waals surface area contributed by atoms with Crippen LogP contribution in [0.25, 0.3) is 0 Å². The fourth-order valence-electron chi connectivity index (χ4n) is 1.36. The number of carboxylic acids is 1. The second-order valence-electron chi connectivity index (χ2n) is 3.92. The van der Waals surface area contributed by atoms with Crippen LogP contribution in [0.4, 0.5) is 0 Å². The summed E-state index contributed by atoms with van der Waals surface area (Å²) >= 11 is 0. The molecule has 0 aromatic rings. The molecule has 4 heteroatoms. The number of ether oxygens (including phenoxy) is 1. The van der Waals surface area contributed by atoms with Gasteiger partial charge >= 0.3 is 11.9 Å². The van der Waals surface area contributed by atoms with Crippen molar-refractivity contribution < 1.29 is 19.4 Å². The number of hydrogen-bond acceptors (Lipinski definition) is 3. The van der Waals surface area contributed by atoms with E-state index in [-0.39, 0.29) is 12.8 Å². The summed E-state index contributed by atoms with van der Waals surface area (Å²) in [4.78, 5) is 21.6. The highest BCUT2D eigenvalue weighted by Gasteiger charge is 2.25. The minimum Gasteiger partial charge on any atom is -0.481 e. The highest BCUT2D eigenvalue weighted by Crippen LogP contribution is 2.22. The molecule has 0 rings (SSSR count). The Kier molecular flexibility index (Phi) is 5.97. The molecule has 0 spiro atoms. The summed E-state index contributed by atoms with van der Waals surface area (Å²) in [5.74, 6) is -1.39. The van der Waals surface area contributed by atoms with Crippen LogP contribution in [0.1, 0.15) is 52.9 Å². The predicted molar refractivity (Wildman–Crippen MR) is 56.6 cm³/mol. The third kappa shape index (κ3) is 6.10. The van der Waals surface area contributed by atoms with E-state index < -0.39 is 17.5 Å². The Bertz CT molecular complexity index is 225. The topological polar surface area (TPSA) is 63.6 Å². The number of carbonyl (C=O) groups excluding carboxylic acids is 1. The first-order valence-corrected chi connectivity index (χ1v) is 5.37. The fourth-order valence-corrected chi connectivity index (χ4v) is 1.36. The van der Waals surface area contributed by atoms with Crippen molar-refractivity contribution in [2.45, 2.75) is 58.5 Å². The van der Waals surface area contributed by atoms with Crippen LogP contribution in [0.15, 0.2) is 0 Å². The molecule has 0 aliphatic carbocycles. The first-order chi connectivity index (χ1) is 6.93. The Labute approximate surface area is 90.6 Å². The lowest BCUT2D eigenvalue weighted by Crippen LogP contribution is -2.30. The van der Waals surface area contributed by atoms with Gasteiger partial charge in [0.25, 0.3) is 0 Å². The van der Waals surface area contributed by atoms with E-state index in [1.54, 1.807) is 0 Å². The molecule has 0 aliphatic rings. The molecule has 0 heterocycles. The molecule has 88 valence electrons. The number of hydrogen-bond donors (Lipinski definition) is 1. The van der Waals surface area contributed by atoms with Crippen molar-refractivity contribution in [1.82, 2.24) is 0 Å². The molecule has 15 heavy (non-hydrogen) atoms. The van der Waals surface area contributed by atoms with Crippen molar-refractivity contribution in [2.75, 3.05) is 0 Å². The van der Waals surface area contributed by atoms with E-state index in [1.165, 1.54) is 0 Å². The number of carboxylic acid groups (broad SMARTS) is 1. The average molecular weight is 216 g/mol. The van der Waals surface area contributed by atoms with E-state index in [4.69, 9.17) is 9.84 Å². The molecule has 0 amide bonds. The minimum atomic E-state index is -0.972. The Morgan fingerprint density at radius 3 is 2.27 bits per heavy atom. The molecule has 1 N–H and O–H groups in total. The zero-order chi connectivity index (χ0) is 11.9. The highest BCUT2D eigenvalue weighted by molar-refractivity contribution is 5.76. The van der Waals surface area contributed by atoms with Gasteiger partial charge in [-0.25, -0.2) is 0 Å². The van der Waals surface area contributed by atoms with Gasteiger partial charge in [0, 0.05) is 0 Å². The van der Waals surface area contributed by atoms with E-state index in [9.17, 15) is 9.59 Å². The smallest absolute Gasteiger partial charge is 0.306 e. The molecule has 0 aliphatic heterocycles. The quantitative estimate of drug-likeness (QED) is 0.663. The first-order valence-electron chi connectivity index (χ1n) is 5.37. The van der Waals surface area contributed by atoms with Gasteiger partial charge in [0.1, 0.15) is 5.60 Å². The van der Waals surface area contributed by atoms with E-state index in [2.05, 4.69) is 0 Å². The number of rotatable bonds is 7. The van der Waals surface area contributed by atoms with Gasteiger partial charge < -0.3 is 9.84 Å². The molecule has 0 aromatic heterocycles. The summed E-state index contributed by atoms with van der Waals surface area (Å²) in [6, 6.07) is 0. The van der Waals surface area contributed by atoms with Gasteiger partial charge in [-0.15, -0.1) is 0 Å². The number of aliphatic carboxylic acids is 1. The summed E-state index contributed by atoms with van der Waals surface area (Å²) in [5.41, 5.74) is -0.440. The molecule has 0 bridgehead atoms. The van der Waals surface area contributed by atoms with Crippen molar-refractivity contribution in [2.24, 2.45) is 0 Å². The summed E-state index contributed by atoms with van der Waals surface area (Å²) in [6.45, 7) is 5.87. The lowest BCUT2D eigenvalue weighted by Gasteiger charge is -2.27. The van der Waals surface area contributed by atoms with Crippen LogP contribution in [-0.2, 0) is 14.3 Å². The predicted octanol–water partition coefficient (Wildman–Crippen LogP) is 2.36. The van der Waals surface area contributed by atoms with Crippen molar-refractivity contribution in [3.05, 3.63) is 0 Å². The Morgan fingerprint density at radius 1 is 1.27 bits per heavy atom. The van der Waals surface area contributed by atoms with Crippen molar-refractivity contribution in [3.8, 4) is 0 Å². The van der Waals surface area contributed by atoms with Crippen molar-refractivity contribution in [3.63, 3.8) is 0 Å². The van der Waals surface area contributed by atoms with Crippen LogP contribution in [-0.4, -0.2) is 22.6 Å². The maximum absolute atomic E-state index is 11.3. The standard InChI is InChI=1S/C11H20O4/c1-4-8-11(3,5-2)15-10(14)7-6-9(12)13/h4-8H2,1-3H3,(H,12,13). The molecule has 1 unspecified atom stereocenters. The summed E-state index contributed by atoms with van der Waals surface area (Å²) in [6.07, 6.45) is 2.29. The molecular weight excluding hydrogens is 196 g/mol. The fraction of sp³-hybridized carbons (Fsp3) is 0.818. The van der Waals surface area contributed by atoms with E-state index in [0.717, 1.165) is 19.3 Å². The average Bonchev–Trinajstić information content (AvgIpc) is 2.15. The van der Waals surface area contributed by atoms with Crippen LogP contribution in [0, 0.1) is 0 Å². The van der Waals surface area contributed by atoms with Gasteiger partial charge in [0.15, 0.2) is 0 Å². The van der Waals surface area contributed by atoms with Gasteiger partial charge in [-0.3, -0.25) is 9.59 Å². The molecule has 1 atom stereocenters. The van der Waals surface area contributed by atoms with Gasteiger partial charge in [0.05, 0.1) is 12.8 Å². The molecule has 0 saturated carbocycles. The van der Waals surface area contributed by atoms with Gasteiger partial charge in [-0.2, -0.15) is 0 Å². The lowest BCUT2D eigenvalue weighted by atomic mass is 9.97. The third-order valence-corrected chi connectivity index (χ3v) is 2.43. The minimum absolute atomic E-state index is 0.0470. The highest BCUT2D eigenvalue weighted by atomic mass is 16.6. The van der Waals surface area contributed by atoms with Gasteiger partial charge in [0.2, 0.25) is 0 Å². The Balaban J connectivity index is 4.06. The maximum atomic E-state index is 11.3. The number of esters is 1.